The summed E-state index contributed by atoms with van der Waals surface area (Å²) in [5.41, 5.74) is 0. The second kappa shape index (κ2) is 4.21. The number of rotatable bonds is 4. The monoisotopic (exact) mass is 191 g/mol. The first kappa shape index (κ1) is 9.19. The first-order valence-corrected chi connectivity index (χ1v) is 3.99. The molecule has 68 valence electrons. The first-order chi connectivity index (χ1) is 5.81. The molecule has 0 aliphatic carbocycles. The van der Waals surface area contributed by atoms with E-state index in [4.69, 9.17) is 25.5 Å². The van der Waals surface area contributed by atoms with E-state index < -0.39 is 0 Å². The quantitative estimate of drug-likeness (QED) is 0.677. The zero-order valence-corrected chi connectivity index (χ0v) is 7.72. The Balaban J connectivity index is 2.84. The molecule has 0 aliphatic heterocycles. The van der Waals surface area contributed by atoms with Crippen LogP contribution in [0.4, 0.5) is 0 Å². The average molecular weight is 192 g/mol. The highest BCUT2D eigenvalue weighted by Crippen LogP contribution is 2.23. The Morgan fingerprint density at radius 3 is 2.67 bits per heavy atom. The molecule has 0 fully saturated rings. The van der Waals surface area contributed by atoms with Gasteiger partial charge in [0.2, 0.25) is 0 Å². The van der Waals surface area contributed by atoms with Gasteiger partial charge in [0.1, 0.15) is 0 Å². The van der Waals surface area contributed by atoms with Crippen molar-refractivity contribution in [1.82, 2.24) is 4.98 Å². The minimum Gasteiger partial charge on any atom is -0.478 e. The summed E-state index contributed by atoms with van der Waals surface area (Å²) in [6.45, 7) is 0. The second-order valence-electron chi connectivity index (χ2n) is 2.06. The summed E-state index contributed by atoms with van der Waals surface area (Å²) in [5.74, 6) is 1.52. The van der Waals surface area contributed by atoms with Gasteiger partial charge in [0, 0.05) is 12.3 Å². The third-order valence-corrected chi connectivity index (χ3v) is 1.52. The lowest BCUT2D eigenvalue weighted by atomic mass is 10.4. The fourth-order valence-electron chi connectivity index (χ4n) is 0.808. The Morgan fingerprint density at radius 2 is 2.17 bits per heavy atom. The molecular formula is C7H10ClNO3. The third-order valence-electron chi connectivity index (χ3n) is 1.33. The van der Waals surface area contributed by atoms with Crippen molar-refractivity contribution in [2.45, 2.75) is 6.42 Å². The van der Waals surface area contributed by atoms with E-state index in [0.717, 1.165) is 0 Å². The largest absolute Gasteiger partial charge is 0.478 e. The molecule has 1 rings (SSSR count). The van der Waals surface area contributed by atoms with Gasteiger partial charge < -0.3 is 13.9 Å². The van der Waals surface area contributed by atoms with Crippen LogP contribution in [0.3, 0.4) is 0 Å². The van der Waals surface area contributed by atoms with E-state index in [9.17, 15) is 0 Å². The molecule has 1 aromatic heterocycles. The summed E-state index contributed by atoms with van der Waals surface area (Å²) >= 11 is 5.53. The van der Waals surface area contributed by atoms with Gasteiger partial charge in [0.25, 0.3) is 5.88 Å². The molecule has 0 spiro atoms. The maximum Gasteiger partial charge on any atom is 0.396 e. The summed E-state index contributed by atoms with van der Waals surface area (Å²) in [5, 5.41) is 0. The second-order valence-corrected chi connectivity index (χ2v) is 2.43. The van der Waals surface area contributed by atoms with Crippen molar-refractivity contribution < 1.29 is 13.9 Å². The van der Waals surface area contributed by atoms with Crippen LogP contribution in [0.1, 0.15) is 5.76 Å². The van der Waals surface area contributed by atoms with Gasteiger partial charge in [-0.1, -0.05) is 0 Å². The van der Waals surface area contributed by atoms with E-state index in [1.807, 2.05) is 0 Å². The lowest BCUT2D eigenvalue weighted by Gasteiger charge is -1.93. The van der Waals surface area contributed by atoms with Crippen LogP contribution < -0.4 is 9.47 Å². The highest BCUT2D eigenvalue weighted by Gasteiger charge is 2.12. The molecule has 0 N–H and O–H groups in total. The Kier molecular flexibility index (Phi) is 3.22. The molecule has 0 aliphatic rings. The van der Waals surface area contributed by atoms with Crippen LogP contribution in [0.25, 0.3) is 0 Å². The molecule has 0 saturated heterocycles. The zero-order chi connectivity index (χ0) is 8.97. The number of alkyl halides is 1. The number of methoxy groups -OCH3 is 2. The van der Waals surface area contributed by atoms with Crippen molar-refractivity contribution >= 4 is 11.6 Å². The first-order valence-electron chi connectivity index (χ1n) is 3.45. The van der Waals surface area contributed by atoms with Crippen molar-refractivity contribution in [3.63, 3.8) is 0 Å². The molecule has 5 heteroatoms. The van der Waals surface area contributed by atoms with E-state index in [1.165, 1.54) is 14.2 Å². The van der Waals surface area contributed by atoms with Crippen molar-refractivity contribution in [1.29, 1.82) is 0 Å². The molecule has 12 heavy (non-hydrogen) atoms. The topological polar surface area (TPSA) is 44.5 Å². The normalized spacial score (nSPS) is 9.92. The fraction of sp³-hybridized carbons (Fsp3) is 0.571. The van der Waals surface area contributed by atoms with Crippen LogP contribution in [0.15, 0.2) is 4.42 Å². The Hall–Kier alpha value is -0.900. The van der Waals surface area contributed by atoms with Crippen molar-refractivity contribution in [2.24, 2.45) is 0 Å². The maximum absolute atomic E-state index is 5.53. The van der Waals surface area contributed by atoms with Crippen LogP contribution in [-0.4, -0.2) is 25.1 Å². The molecular weight excluding hydrogens is 182 g/mol. The van der Waals surface area contributed by atoms with Gasteiger partial charge in [0.15, 0.2) is 5.76 Å². The highest BCUT2D eigenvalue weighted by atomic mass is 35.5. The molecule has 0 unspecified atom stereocenters. The highest BCUT2D eigenvalue weighted by molar-refractivity contribution is 6.17. The number of ether oxygens (including phenoxy) is 2. The number of aromatic nitrogens is 1. The smallest absolute Gasteiger partial charge is 0.396 e. The Bertz CT molecular complexity index is 249. The van der Waals surface area contributed by atoms with Gasteiger partial charge >= 0.3 is 6.08 Å². The van der Waals surface area contributed by atoms with Crippen molar-refractivity contribution in [3.05, 3.63) is 5.76 Å². The van der Waals surface area contributed by atoms with E-state index in [1.54, 1.807) is 0 Å². The predicted octanol–water partition coefficient (Wildman–Crippen LogP) is 1.47. The van der Waals surface area contributed by atoms with Crippen LogP contribution in [-0.2, 0) is 6.42 Å². The summed E-state index contributed by atoms with van der Waals surface area (Å²) in [6, 6.07) is 0. The van der Waals surface area contributed by atoms with Crippen LogP contribution in [0.2, 0.25) is 0 Å². The third kappa shape index (κ3) is 1.82. The van der Waals surface area contributed by atoms with Gasteiger partial charge in [-0.25, -0.2) is 0 Å². The number of aryl methyl sites for hydroxylation is 1. The molecule has 0 aromatic carbocycles. The molecule has 0 radical (unpaired) electrons. The van der Waals surface area contributed by atoms with Crippen LogP contribution in [0.5, 0.6) is 12.0 Å². The minimum atomic E-state index is 0.201. The van der Waals surface area contributed by atoms with E-state index >= 15 is 0 Å². The standard InChI is InChI=1S/C7H10ClNO3/c1-10-6-5(3-4-8)12-7(9-6)11-2/h3-4H2,1-2H3. The number of halogens is 1. The lowest BCUT2D eigenvalue weighted by molar-refractivity contribution is 0.281. The van der Waals surface area contributed by atoms with Gasteiger partial charge in [-0.15, -0.1) is 16.6 Å². The average Bonchev–Trinajstić information content (AvgIpc) is 2.48. The molecule has 1 heterocycles. The Morgan fingerprint density at radius 1 is 1.42 bits per heavy atom. The van der Waals surface area contributed by atoms with Crippen LogP contribution >= 0.6 is 11.6 Å². The molecule has 1 aromatic rings. The summed E-state index contributed by atoms with van der Waals surface area (Å²) in [7, 11) is 3.00. The molecule has 0 saturated carbocycles. The van der Waals surface area contributed by atoms with Gasteiger partial charge in [-0.3, -0.25) is 0 Å². The Labute approximate surface area is 75.4 Å². The minimum absolute atomic E-state index is 0.201. The predicted molar refractivity (Wildman–Crippen MR) is 44.0 cm³/mol. The maximum atomic E-state index is 5.53. The SMILES string of the molecule is COc1nc(OC)c(CCCl)o1. The molecule has 0 amide bonds. The zero-order valence-electron chi connectivity index (χ0n) is 6.96. The number of nitrogens with zero attached hydrogens (tertiary/aromatic N) is 1. The van der Waals surface area contributed by atoms with E-state index in [0.29, 0.717) is 23.9 Å². The number of oxazole rings is 1. The van der Waals surface area contributed by atoms with E-state index in [-0.39, 0.29) is 6.08 Å². The number of hydrogen-bond acceptors (Lipinski definition) is 4. The van der Waals surface area contributed by atoms with Gasteiger partial charge in [0.05, 0.1) is 14.2 Å². The van der Waals surface area contributed by atoms with Crippen molar-refractivity contribution in [2.75, 3.05) is 20.1 Å². The van der Waals surface area contributed by atoms with Gasteiger partial charge in [-0.2, -0.15) is 0 Å². The summed E-state index contributed by atoms with van der Waals surface area (Å²) in [6.07, 6.45) is 0.785. The van der Waals surface area contributed by atoms with Crippen molar-refractivity contribution in [3.8, 4) is 12.0 Å². The summed E-state index contributed by atoms with van der Waals surface area (Å²) < 4.78 is 14.9. The van der Waals surface area contributed by atoms with Crippen LogP contribution in [0, 0.1) is 0 Å². The molecule has 0 bridgehead atoms. The lowest BCUT2D eigenvalue weighted by Crippen LogP contribution is -1.89. The molecule has 0 atom stereocenters. The fourth-order valence-corrected chi connectivity index (χ4v) is 0.979. The molecule has 4 nitrogen and oxygen atoms in total. The number of hydrogen-bond donors (Lipinski definition) is 0. The summed E-state index contributed by atoms with van der Waals surface area (Å²) in [4.78, 5) is 3.90. The van der Waals surface area contributed by atoms with E-state index in [2.05, 4.69) is 4.98 Å². The van der Waals surface area contributed by atoms with Gasteiger partial charge in [-0.05, 0) is 0 Å².